The Bertz CT molecular complexity index is 504. The van der Waals surface area contributed by atoms with Crippen molar-refractivity contribution in [2.45, 2.75) is 6.42 Å². The first-order valence-electron chi connectivity index (χ1n) is 5.50. The summed E-state index contributed by atoms with van der Waals surface area (Å²) in [6.45, 7) is 0.880. The molecule has 0 saturated carbocycles. The lowest BCUT2D eigenvalue weighted by atomic mass is 10.3. The highest BCUT2D eigenvalue weighted by molar-refractivity contribution is 9.10. The fraction of sp³-hybridized carbons (Fsp3) is 0.333. The Morgan fingerprint density at radius 3 is 3.00 bits per heavy atom. The zero-order chi connectivity index (χ0) is 13.0. The van der Waals surface area contributed by atoms with E-state index in [4.69, 9.17) is 4.74 Å². The van der Waals surface area contributed by atoms with E-state index in [1.807, 2.05) is 11.9 Å². The summed E-state index contributed by atoms with van der Waals surface area (Å²) in [6.07, 6.45) is 2.71. The number of likely N-dealkylation sites (N-methyl/N-ethyl adjacent to an activating group) is 1. The van der Waals surface area contributed by atoms with Crippen LogP contribution in [0.15, 0.2) is 28.2 Å². The molecule has 6 heteroatoms. The average molecular weight is 328 g/mol. The van der Waals surface area contributed by atoms with E-state index in [0.29, 0.717) is 11.8 Å². The van der Waals surface area contributed by atoms with Gasteiger partial charge in [-0.05, 0) is 33.8 Å². The molecule has 4 nitrogen and oxygen atoms in total. The van der Waals surface area contributed by atoms with Gasteiger partial charge in [0, 0.05) is 18.5 Å². The summed E-state index contributed by atoms with van der Waals surface area (Å²) >= 11 is 5.11. The maximum Gasteiger partial charge on any atom is 0.232 e. The van der Waals surface area contributed by atoms with E-state index < -0.39 is 0 Å². The highest BCUT2D eigenvalue weighted by Crippen LogP contribution is 2.23. The van der Waals surface area contributed by atoms with Crippen LogP contribution >= 0.6 is 27.3 Å². The van der Waals surface area contributed by atoms with Crippen molar-refractivity contribution < 1.29 is 4.74 Å². The Morgan fingerprint density at radius 2 is 2.33 bits per heavy atom. The smallest absolute Gasteiger partial charge is 0.232 e. The lowest BCUT2D eigenvalue weighted by Gasteiger charge is -2.17. The summed E-state index contributed by atoms with van der Waals surface area (Å²) in [6, 6.07) is 4.21. The lowest BCUT2D eigenvalue weighted by molar-refractivity contribution is 0.394. The third-order valence-electron chi connectivity index (χ3n) is 2.51. The highest BCUT2D eigenvalue weighted by Gasteiger charge is 2.09. The van der Waals surface area contributed by atoms with Crippen molar-refractivity contribution in [1.82, 2.24) is 9.97 Å². The molecule has 0 aliphatic rings. The van der Waals surface area contributed by atoms with Crippen molar-refractivity contribution in [3.8, 4) is 5.88 Å². The molecular weight excluding hydrogens is 314 g/mol. The monoisotopic (exact) mass is 327 g/mol. The Balaban J connectivity index is 2.02. The van der Waals surface area contributed by atoms with E-state index >= 15 is 0 Å². The zero-order valence-electron chi connectivity index (χ0n) is 10.3. The molecule has 0 spiro atoms. The fourth-order valence-electron chi connectivity index (χ4n) is 1.50. The molecule has 0 fully saturated rings. The molecule has 0 saturated heterocycles. The topological polar surface area (TPSA) is 38.2 Å². The van der Waals surface area contributed by atoms with Gasteiger partial charge in [-0.25, -0.2) is 4.98 Å². The molecule has 18 heavy (non-hydrogen) atoms. The molecule has 0 amide bonds. The van der Waals surface area contributed by atoms with E-state index in [0.717, 1.165) is 17.4 Å². The molecule has 0 N–H and O–H groups in total. The Labute approximate surface area is 119 Å². The second-order valence-electron chi connectivity index (χ2n) is 3.78. The van der Waals surface area contributed by atoms with Crippen LogP contribution in [0.5, 0.6) is 5.88 Å². The quantitative estimate of drug-likeness (QED) is 0.846. The Morgan fingerprint density at radius 1 is 1.50 bits per heavy atom. The van der Waals surface area contributed by atoms with Crippen molar-refractivity contribution >= 4 is 33.2 Å². The molecule has 2 heterocycles. The van der Waals surface area contributed by atoms with Crippen LogP contribution in [0.4, 0.5) is 5.95 Å². The molecule has 0 bridgehead atoms. The number of hydrogen-bond donors (Lipinski definition) is 0. The first kappa shape index (κ1) is 13.3. The van der Waals surface area contributed by atoms with Crippen molar-refractivity contribution in [1.29, 1.82) is 0 Å². The van der Waals surface area contributed by atoms with Gasteiger partial charge in [-0.1, -0.05) is 6.07 Å². The number of anilines is 1. The van der Waals surface area contributed by atoms with E-state index in [1.165, 1.54) is 4.88 Å². The maximum atomic E-state index is 5.16. The second-order valence-corrected chi connectivity index (χ2v) is 5.66. The van der Waals surface area contributed by atoms with Gasteiger partial charge in [0.05, 0.1) is 17.8 Å². The van der Waals surface area contributed by atoms with Crippen LogP contribution in [0, 0.1) is 0 Å². The first-order valence-corrected chi connectivity index (χ1v) is 7.18. The third-order valence-corrected chi connectivity index (χ3v) is 3.99. The van der Waals surface area contributed by atoms with Gasteiger partial charge in [-0.15, -0.1) is 11.3 Å². The molecule has 2 aromatic rings. The number of ether oxygens (including phenoxy) is 1. The van der Waals surface area contributed by atoms with Gasteiger partial charge in [-0.2, -0.15) is 4.98 Å². The second kappa shape index (κ2) is 6.15. The van der Waals surface area contributed by atoms with E-state index in [2.05, 4.69) is 43.4 Å². The summed E-state index contributed by atoms with van der Waals surface area (Å²) < 4.78 is 5.93. The molecular formula is C12H14BrN3OS. The van der Waals surface area contributed by atoms with Crippen molar-refractivity contribution in [3.63, 3.8) is 0 Å². The SMILES string of the molecule is COc1nc(N(C)CCc2cccs2)ncc1Br. The predicted molar refractivity (Wildman–Crippen MR) is 77.6 cm³/mol. The van der Waals surface area contributed by atoms with Gasteiger partial charge in [-0.3, -0.25) is 0 Å². The molecule has 0 aliphatic heterocycles. The Kier molecular flexibility index (Phi) is 4.54. The van der Waals surface area contributed by atoms with Gasteiger partial charge in [0.1, 0.15) is 0 Å². The molecule has 0 radical (unpaired) electrons. The van der Waals surface area contributed by atoms with Crippen LogP contribution in [0.3, 0.4) is 0 Å². The van der Waals surface area contributed by atoms with E-state index in [9.17, 15) is 0 Å². The molecule has 2 rings (SSSR count). The molecule has 0 aliphatic carbocycles. The summed E-state index contributed by atoms with van der Waals surface area (Å²) in [4.78, 5) is 12.0. The minimum atomic E-state index is 0.558. The lowest BCUT2D eigenvalue weighted by Crippen LogP contribution is -2.22. The van der Waals surface area contributed by atoms with E-state index in [-0.39, 0.29) is 0 Å². The standard InChI is InChI=1S/C12H14BrN3OS/c1-16(6-5-9-4-3-7-18-9)12-14-8-10(13)11(15-12)17-2/h3-4,7-8H,5-6H2,1-2H3. The molecule has 0 unspecified atom stereocenters. The van der Waals surface area contributed by atoms with Crippen LogP contribution in [0.25, 0.3) is 0 Å². The van der Waals surface area contributed by atoms with E-state index in [1.54, 1.807) is 24.6 Å². The van der Waals surface area contributed by atoms with Gasteiger partial charge in [0.15, 0.2) is 0 Å². The zero-order valence-corrected chi connectivity index (χ0v) is 12.7. The summed E-state index contributed by atoms with van der Waals surface area (Å²) in [5.41, 5.74) is 0. The molecule has 2 aromatic heterocycles. The highest BCUT2D eigenvalue weighted by atomic mass is 79.9. The van der Waals surface area contributed by atoms with Crippen LogP contribution in [0.2, 0.25) is 0 Å². The van der Waals surface area contributed by atoms with Gasteiger partial charge in [0.25, 0.3) is 0 Å². The average Bonchev–Trinajstić information content (AvgIpc) is 2.89. The van der Waals surface area contributed by atoms with Crippen LogP contribution in [0.1, 0.15) is 4.88 Å². The predicted octanol–water partition coefficient (Wildman–Crippen LogP) is 2.99. The molecule has 96 valence electrons. The largest absolute Gasteiger partial charge is 0.480 e. The van der Waals surface area contributed by atoms with Gasteiger partial charge < -0.3 is 9.64 Å². The number of hydrogen-bond acceptors (Lipinski definition) is 5. The van der Waals surface area contributed by atoms with Crippen molar-refractivity contribution in [3.05, 3.63) is 33.1 Å². The fourth-order valence-corrected chi connectivity index (χ4v) is 2.55. The van der Waals surface area contributed by atoms with Crippen LogP contribution in [-0.2, 0) is 6.42 Å². The van der Waals surface area contributed by atoms with Crippen molar-refractivity contribution in [2.24, 2.45) is 0 Å². The molecule has 0 aromatic carbocycles. The number of methoxy groups -OCH3 is 1. The maximum absolute atomic E-state index is 5.16. The Hall–Kier alpha value is -1.14. The van der Waals surface area contributed by atoms with Crippen molar-refractivity contribution in [2.75, 3.05) is 25.6 Å². The summed E-state index contributed by atoms with van der Waals surface area (Å²) in [5.74, 6) is 1.23. The van der Waals surface area contributed by atoms with Crippen LogP contribution in [-0.4, -0.2) is 30.7 Å². The summed E-state index contributed by atoms with van der Waals surface area (Å²) in [7, 11) is 3.58. The number of nitrogens with zero attached hydrogens (tertiary/aromatic N) is 3. The number of rotatable bonds is 5. The van der Waals surface area contributed by atoms with Crippen LogP contribution < -0.4 is 9.64 Å². The minimum Gasteiger partial charge on any atom is -0.480 e. The third kappa shape index (κ3) is 3.20. The van der Waals surface area contributed by atoms with Gasteiger partial charge in [0.2, 0.25) is 11.8 Å². The number of halogens is 1. The minimum absolute atomic E-state index is 0.558. The first-order chi connectivity index (χ1) is 8.70. The molecule has 0 atom stereocenters. The van der Waals surface area contributed by atoms with Gasteiger partial charge >= 0.3 is 0 Å². The summed E-state index contributed by atoms with van der Waals surface area (Å²) in [5, 5.41) is 2.09. The number of aromatic nitrogens is 2. The normalized spacial score (nSPS) is 10.4. The number of thiophene rings is 1.